The molecule has 0 aromatic heterocycles. The van der Waals surface area contributed by atoms with Crippen molar-refractivity contribution in [3.8, 4) is 5.75 Å². The Morgan fingerprint density at radius 2 is 2.18 bits per heavy atom. The van der Waals surface area contributed by atoms with Crippen LogP contribution in [0.1, 0.15) is 37.2 Å². The number of rotatable bonds is 2. The molecule has 0 radical (unpaired) electrons. The first-order valence-corrected chi connectivity index (χ1v) is 6.26. The zero-order chi connectivity index (χ0) is 11.8. The Labute approximate surface area is 101 Å². The molecule has 2 aliphatic rings. The van der Waals surface area contributed by atoms with Crippen molar-refractivity contribution in [3.05, 3.63) is 23.8 Å². The van der Waals surface area contributed by atoms with Crippen molar-refractivity contribution in [1.29, 1.82) is 0 Å². The van der Waals surface area contributed by atoms with E-state index in [1.54, 1.807) is 7.11 Å². The number of nitrogens with one attached hydrogen (secondary N) is 1. The van der Waals surface area contributed by atoms with Gasteiger partial charge in [0.05, 0.1) is 12.8 Å². The van der Waals surface area contributed by atoms with E-state index in [2.05, 4.69) is 11.4 Å². The van der Waals surface area contributed by atoms with Crippen LogP contribution in [0.4, 0.5) is 5.69 Å². The second kappa shape index (κ2) is 4.06. The molecular formula is C14H17NO2. The van der Waals surface area contributed by atoms with Crippen molar-refractivity contribution in [3.63, 3.8) is 0 Å². The lowest BCUT2D eigenvalue weighted by atomic mass is 9.70. The maximum atomic E-state index is 11.8. The lowest BCUT2D eigenvalue weighted by Crippen LogP contribution is -2.30. The van der Waals surface area contributed by atoms with E-state index in [0.717, 1.165) is 11.4 Å². The van der Waals surface area contributed by atoms with E-state index in [1.807, 2.05) is 12.1 Å². The highest BCUT2D eigenvalue weighted by molar-refractivity contribution is 5.96. The lowest BCUT2D eigenvalue weighted by Gasteiger charge is -2.37. The summed E-state index contributed by atoms with van der Waals surface area (Å²) in [5, 5.41) is 2.95. The predicted molar refractivity (Wildman–Crippen MR) is 66.3 cm³/mol. The summed E-state index contributed by atoms with van der Waals surface area (Å²) in [5.74, 6) is 1.98. The second-order valence-electron chi connectivity index (χ2n) is 4.97. The average molecular weight is 231 g/mol. The van der Waals surface area contributed by atoms with Gasteiger partial charge in [-0.2, -0.15) is 0 Å². The lowest BCUT2D eigenvalue weighted by molar-refractivity contribution is -0.117. The maximum Gasteiger partial charge on any atom is 0.225 e. The molecule has 17 heavy (non-hydrogen) atoms. The molecule has 1 fully saturated rings. The molecule has 3 rings (SSSR count). The zero-order valence-electron chi connectivity index (χ0n) is 10.0. The SMILES string of the molecule is COc1cccc2c1NC(=O)CC2C1CCC1. The number of carbonyl (C=O) groups excluding carboxylic acids is 1. The van der Waals surface area contributed by atoms with Gasteiger partial charge < -0.3 is 10.1 Å². The minimum atomic E-state index is 0.124. The molecule has 1 heterocycles. The number of carbonyl (C=O) groups is 1. The highest BCUT2D eigenvalue weighted by atomic mass is 16.5. The Morgan fingerprint density at radius 1 is 1.35 bits per heavy atom. The number of methoxy groups -OCH3 is 1. The van der Waals surface area contributed by atoms with E-state index in [1.165, 1.54) is 24.8 Å². The minimum Gasteiger partial charge on any atom is -0.495 e. The highest BCUT2D eigenvalue weighted by Crippen LogP contribution is 2.47. The molecule has 0 saturated heterocycles. The fourth-order valence-corrected chi connectivity index (χ4v) is 2.92. The van der Waals surface area contributed by atoms with Crippen LogP contribution < -0.4 is 10.1 Å². The molecule has 1 amide bonds. The molecule has 1 unspecified atom stereocenters. The van der Waals surface area contributed by atoms with Gasteiger partial charge in [0.25, 0.3) is 0 Å². The molecule has 1 saturated carbocycles. The quantitative estimate of drug-likeness (QED) is 0.849. The van der Waals surface area contributed by atoms with Gasteiger partial charge in [-0.25, -0.2) is 0 Å². The van der Waals surface area contributed by atoms with E-state index in [-0.39, 0.29) is 5.91 Å². The van der Waals surface area contributed by atoms with Crippen LogP contribution in [0.3, 0.4) is 0 Å². The topological polar surface area (TPSA) is 38.3 Å². The van der Waals surface area contributed by atoms with Crippen molar-refractivity contribution < 1.29 is 9.53 Å². The Kier molecular flexibility index (Phi) is 2.54. The molecule has 0 spiro atoms. The third kappa shape index (κ3) is 1.70. The van der Waals surface area contributed by atoms with Crippen LogP contribution in [0.5, 0.6) is 5.75 Å². The third-order valence-corrected chi connectivity index (χ3v) is 4.07. The standard InChI is InChI=1S/C14H17NO2/c1-17-12-7-3-6-10-11(9-4-2-5-9)8-13(16)15-14(10)12/h3,6-7,9,11H,2,4-5,8H2,1H3,(H,15,16). The van der Waals surface area contributed by atoms with Gasteiger partial charge in [-0.1, -0.05) is 18.6 Å². The van der Waals surface area contributed by atoms with Crippen LogP contribution in [-0.2, 0) is 4.79 Å². The predicted octanol–water partition coefficient (Wildman–Crippen LogP) is 2.92. The normalized spacial score (nSPS) is 23.6. The molecule has 1 N–H and O–H groups in total. The van der Waals surface area contributed by atoms with E-state index < -0.39 is 0 Å². The Bertz CT molecular complexity index is 452. The smallest absolute Gasteiger partial charge is 0.225 e. The molecule has 0 bridgehead atoms. The van der Waals surface area contributed by atoms with Gasteiger partial charge in [-0.15, -0.1) is 0 Å². The average Bonchev–Trinajstić information content (AvgIpc) is 2.26. The number of ether oxygens (including phenoxy) is 1. The van der Waals surface area contributed by atoms with E-state index in [4.69, 9.17) is 4.74 Å². The van der Waals surface area contributed by atoms with Crippen molar-refractivity contribution in [2.75, 3.05) is 12.4 Å². The van der Waals surface area contributed by atoms with E-state index in [0.29, 0.717) is 18.3 Å². The molecule has 1 aliphatic carbocycles. The van der Waals surface area contributed by atoms with Crippen LogP contribution in [0.15, 0.2) is 18.2 Å². The zero-order valence-corrected chi connectivity index (χ0v) is 10.0. The summed E-state index contributed by atoms with van der Waals surface area (Å²) in [6.45, 7) is 0. The monoisotopic (exact) mass is 231 g/mol. The van der Waals surface area contributed by atoms with Crippen molar-refractivity contribution in [1.82, 2.24) is 0 Å². The molecule has 3 nitrogen and oxygen atoms in total. The van der Waals surface area contributed by atoms with Gasteiger partial charge in [-0.3, -0.25) is 4.79 Å². The molecule has 1 atom stereocenters. The van der Waals surface area contributed by atoms with Crippen LogP contribution in [-0.4, -0.2) is 13.0 Å². The van der Waals surface area contributed by atoms with E-state index in [9.17, 15) is 4.79 Å². The highest BCUT2D eigenvalue weighted by Gasteiger charge is 2.35. The van der Waals surface area contributed by atoms with Gasteiger partial charge in [0.2, 0.25) is 5.91 Å². The van der Waals surface area contributed by atoms with Gasteiger partial charge >= 0.3 is 0 Å². The molecular weight excluding hydrogens is 214 g/mol. The molecule has 1 aromatic rings. The van der Waals surface area contributed by atoms with E-state index >= 15 is 0 Å². The first kappa shape index (κ1) is 10.6. The summed E-state index contributed by atoms with van der Waals surface area (Å²) in [6.07, 6.45) is 4.45. The van der Waals surface area contributed by atoms with Crippen molar-refractivity contribution >= 4 is 11.6 Å². The number of amides is 1. The third-order valence-electron chi connectivity index (χ3n) is 4.07. The number of fused-ring (bicyclic) bond motifs is 1. The van der Waals surface area contributed by atoms with Crippen LogP contribution >= 0.6 is 0 Å². The molecule has 1 aromatic carbocycles. The van der Waals surface area contributed by atoms with Gasteiger partial charge in [-0.05, 0) is 36.3 Å². The number of anilines is 1. The summed E-state index contributed by atoms with van der Waals surface area (Å²) in [5.41, 5.74) is 2.15. The molecule has 1 aliphatic heterocycles. The van der Waals surface area contributed by atoms with Crippen molar-refractivity contribution in [2.45, 2.75) is 31.6 Å². The number of para-hydroxylation sites is 1. The number of hydrogen-bond acceptors (Lipinski definition) is 2. The fraction of sp³-hybridized carbons (Fsp3) is 0.500. The number of benzene rings is 1. The molecule has 90 valence electrons. The summed E-state index contributed by atoms with van der Waals surface area (Å²) >= 11 is 0. The summed E-state index contributed by atoms with van der Waals surface area (Å²) in [4.78, 5) is 11.8. The summed E-state index contributed by atoms with van der Waals surface area (Å²) in [7, 11) is 1.65. The van der Waals surface area contributed by atoms with Crippen molar-refractivity contribution in [2.24, 2.45) is 5.92 Å². The molecule has 3 heteroatoms. The summed E-state index contributed by atoms with van der Waals surface area (Å²) in [6, 6.07) is 6.04. The van der Waals surface area contributed by atoms with Crippen LogP contribution in [0, 0.1) is 5.92 Å². The Hall–Kier alpha value is -1.51. The minimum absolute atomic E-state index is 0.124. The number of hydrogen-bond donors (Lipinski definition) is 1. The van der Waals surface area contributed by atoms with Gasteiger partial charge in [0.15, 0.2) is 0 Å². The fourth-order valence-electron chi connectivity index (χ4n) is 2.92. The first-order chi connectivity index (χ1) is 8.29. The Balaban J connectivity index is 2.03. The first-order valence-electron chi connectivity index (χ1n) is 6.26. The van der Waals surface area contributed by atoms with Crippen LogP contribution in [0.25, 0.3) is 0 Å². The largest absolute Gasteiger partial charge is 0.495 e. The van der Waals surface area contributed by atoms with Crippen LogP contribution in [0.2, 0.25) is 0 Å². The Morgan fingerprint density at radius 3 is 2.82 bits per heavy atom. The summed E-state index contributed by atoms with van der Waals surface area (Å²) < 4.78 is 5.33. The maximum absolute atomic E-state index is 11.8. The van der Waals surface area contributed by atoms with Gasteiger partial charge in [0.1, 0.15) is 5.75 Å². The van der Waals surface area contributed by atoms with Gasteiger partial charge in [0, 0.05) is 6.42 Å². The second-order valence-corrected chi connectivity index (χ2v) is 4.97.